The number of aromatic nitrogens is 3. The van der Waals surface area contributed by atoms with Crippen molar-refractivity contribution in [3.63, 3.8) is 0 Å². The molecule has 7 heteroatoms. The number of nitrogens with one attached hydrogen (secondary N) is 1. The molecule has 3 aromatic rings. The van der Waals surface area contributed by atoms with Gasteiger partial charge in [-0.3, -0.25) is 0 Å². The molecule has 1 radical (unpaired) electrons. The van der Waals surface area contributed by atoms with Crippen LogP contribution in [0.3, 0.4) is 0 Å². The minimum atomic E-state index is -2.90. The molecule has 0 unspecified atom stereocenters. The molecule has 0 spiro atoms. The van der Waals surface area contributed by atoms with Gasteiger partial charge in [-0.15, -0.1) is 10.2 Å². The van der Waals surface area contributed by atoms with Crippen molar-refractivity contribution in [2.24, 2.45) is 0 Å². The highest BCUT2D eigenvalue weighted by Gasteiger charge is 2.40. The molecule has 0 bridgehead atoms. The van der Waals surface area contributed by atoms with Gasteiger partial charge in [0.15, 0.2) is 0 Å². The number of halogens is 2. The molecule has 1 N–H and O–H groups in total. The van der Waals surface area contributed by atoms with E-state index in [9.17, 15) is 8.78 Å². The standard InChI is InChI=1S/C20H17F2N4O/c21-19(22)27-18-9-4-8-16(23-18)20(12-5-13-20)24-17-11-10-15(25-26-17)14-6-2-1-3-7-14/h1-2,4,6-11,19H,5,12-13H2,(H,24,26). The summed E-state index contributed by atoms with van der Waals surface area (Å²) in [7, 11) is 0. The van der Waals surface area contributed by atoms with E-state index in [0.29, 0.717) is 11.5 Å². The summed E-state index contributed by atoms with van der Waals surface area (Å²) in [6.07, 6.45) is 2.67. The smallest absolute Gasteiger partial charge is 0.388 e. The maximum Gasteiger partial charge on any atom is 0.388 e. The van der Waals surface area contributed by atoms with Gasteiger partial charge in [0.05, 0.1) is 16.9 Å². The highest BCUT2D eigenvalue weighted by Crippen LogP contribution is 2.43. The van der Waals surface area contributed by atoms with Crippen molar-refractivity contribution >= 4 is 5.82 Å². The normalized spacial score (nSPS) is 15.2. The van der Waals surface area contributed by atoms with Crippen LogP contribution in [-0.2, 0) is 5.54 Å². The molecule has 0 saturated heterocycles. The van der Waals surface area contributed by atoms with E-state index in [-0.39, 0.29) is 5.88 Å². The van der Waals surface area contributed by atoms with Crippen LogP contribution in [0.2, 0.25) is 0 Å². The second-order valence-corrected chi connectivity index (χ2v) is 6.40. The minimum absolute atomic E-state index is 0.0858. The molecule has 4 rings (SSSR count). The Balaban J connectivity index is 1.55. The van der Waals surface area contributed by atoms with Gasteiger partial charge in [-0.05, 0) is 49.6 Å². The van der Waals surface area contributed by atoms with Crippen LogP contribution in [0, 0.1) is 6.07 Å². The lowest BCUT2D eigenvalue weighted by molar-refractivity contribution is -0.0531. The largest absolute Gasteiger partial charge is 0.417 e. The summed E-state index contributed by atoms with van der Waals surface area (Å²) in [5, 5.41) is 11.9. The van der Waals surface area contributed by atoms with Crippen molar-refractivity contribution < 1.29 is 13.5 Å². The van der Waals surface area contributed by atoms with Crippen molar-refractivity contribution in [2.75, 3.05) is 5.32 Å². The number of alkyl halides is 2. The second-order valence-electron chi connectivity index (χ2n) is 6.40. The van der Waals surface area contributed by atoms with E-state index in [4.69, 9.17) is 0 Å². The molecule has 1 fully saturated rings. The first-order valence-corrected chi connectivity index (χ1v) is 8.65. The Morgan fingerprint density at radius 2 is 1.96 bits per heavy atom. The fourth-order valence-electron chi connectivity index (χ4n) is 3.16. The first-order valence-electron chi connectivity index (χ1n) is 8.65. The van der Waals surface area contributed by atoms with Crippen LogP contribution < -0.4 is 10.1 Å². The van der Waals surface area contributed by atoms with Gasteiger partial charge in [-0.2, -0.15) is 8.78 Å². The van der Waals surface area contributed by atoms with Crippen LogP contribution in [0.25, 0.3) is 11.3 Å². The molecule has 1 aromatic carbocycles. The van der Waals surface area contributed by atoms with Crippen LogP contribution in [0.1, 0.15) is 25.0 Å². The summed E-state index contributed by atoms with van der Waals surface area (Å²) < 4.78 is 29.4. The average molecular weight is 367 g/mol. The van der Waals surface area contributed by atoms with Gasteiger partial charge in [0.2, 0.25) is 5.88 Å². The number of hydrogen-bond donors (Lipinski definition) is 1. The zero-order chi connectivity index (χ0) is 18.7. The van der Waals surface area contributed by atoms with Gasteiger partial charge in [-0.25, -0.2) is 4.98 Å². The van der Waals surface area contributed by atoms with Crippen molar-refractivity contribution in [3.05, 3.63) is 66.4 Å². The van der Waals surface area contributed by atoms with E-state index in [1.54, 1.807) is 6.07 Å². The predicted molar refractivity (Wildman–Crippen MR) is 96.3 cm³/mol. The molecular formula is C20H17F2N4O. The Labute approximate surface area is 155 Å². The molecule has 1 saturated carbocycles. The molecule has 1 aliphatic carbocycles. The number of anilines is 1. The Kier molecular flexibility index (Phi) is 4.66. The maximum atomic E-state index is 12.5. The SMILES string of the molecule is FC(F)Oc1cccc(C2(Nc3ccc(-c4c[c]ccc4)nn3)CCC2)n1. The number of rotatable bonds is 6. The van der Waals surface area contributed by atoms with Crippen molar-refractivity contribution in [3.8, 4) is 17.1 Å². The first kappa shape index (κ1) is 17.3. The van der Waals surface area contributed by atoms with Gasteiger partial charge in [0.1, 0.15) is 5.82 Å². The maximum absolute atomic E-state index is 12.5. The van der Waals surface area contributed by atoms with Gasteiger partial charge in [0.25, 0.3) is 0 Å². The quantitative estimate of drug-likeness (QED) is 0.698. The number of hydrogen-bond acceptors (Lipinski definition) is 5. The molecule has 2 heterocycles. The fraction of sp³-hybridized carbons (Fsp3) is 0.250. The highest BCUT2D eigenvalue weighted by molar-refractivity contribution is 5.59. The molecular weight excluding hydrogens is 350 g/mol. The van der Waals surface area contributed by atoms with E-state index in [1.807, 2.05) is 42.5 Å². The zero-order valence-corrected chi connectivity index (χ0v) is 14.4. The van der Waals surface area contributed by atoms with Gasteiger partial charge in [0, 0.05) is 11.6 Å². The number of pyridine rings is 1. The molecule has 5 nitrogen and oxygen atoms in total. The lowest BCUT2D eigenvalue weighted by Gasteiger charge is -2.42. The summed E-state index contributed by atoms with van der Waals surface area (Å²) in [4.78, 5) is 4.25. The summed E-state index contributed by atoms with van der Waals surface area (Å²) in [5.41, 5.74) is 1.91. The van der Waals surface area contributed by atoms with E-state index in [1.165, 1.54) is 6.07 Å². The summed E-state index contributed by atoms with van der Waals surface area (Å²) >= 11 is 0. The van der Waals surface area contributed by atoms with Crippen molar-refractivity contribution in [1.82, 2.24) is 15.2 Å². The van der Waals surface area contributed by atoms with E-state index < -0.39 is 12.2 Å². The van der Waals surface area contributed by atoms with Crippen molar-refractivity contribution in [2.45, 2.75) is 31.4 Å². The average Bonchev–Trinajstić information content (AvgIpc) is 2.66. The molecule has 137 valence electrons. The number of benzene rings is 1. The van der Waals surface area contributed by atoms with Crippen LogP contribution >= 0.6 is 0 Å². The number of ether oxygens (including phenoxy) is 1. The fourth-order valence-corrected chi connectivity index (χ4v) is 3.16. The molecule has 1 aliphatic rings. The summed E-state index contributed by atoms with van der Waals surface area (Å²) in [6.45, 7) is -2.90. The Hall–Kier alpha value is -3.09. The molecule has 27 heavy (non-hydrogen) atoms. The van der Waals surface area contributed by atoms with E-state index in [0.717, 1.165) is 30.5 Å². The molecule has 0 atom stereocenters. The molecule has 2 aromatic heterocycles. The third-order valence-corrected chi connectivity index (χ3v) is 4.67. The van der Waals surface area contributed by atoms with Crippen LogP contribution in [0.4, 0.5) is 14.6 Å². The van der Waals surface area contributed by atoms with Crippen LogP contribution in [0.15, 0.2) is 54.6 Å². The Bertz CT molecular complexity index is 899. The Morgan fingerprint density at radius 1 is 1.07 bits per heavy atom. The van der Waals surface area contributed by atoms with Gasteiger partial charge in [-0.1, -0.05) is 24.3 Å². The van der Waals surface area contributed by atoms with Crippen LogP contribution in [0.5, 0.6) is 5.88 Å². The third kappa shape index (κ3) is 3.72. The summed E-state index contributed by atoms with van der Waals surface area (Å²) in [5.74, 6) is 0.526. The topological polar surface area (TPSA) is 59.9 Å². The highest BCUT2D eigenvalue weighted by atomic mass is 19.3. The minimum Gasteiger partial charge on any atom is -0.417 e. The second kappa shape index (κ2) is 7.26. The third-order valence-electron chi connectivity index (χ3n) is 4.67. The summed E-state index contributed by atoms with van der Waals surface area (Å²) in [6, 6.07) is 19.2. The van der Waals surface area contributed by atoms with Crippen molar-refractivity contribution in [1.29, 1.82) is 0 Å². The number of nitrogens with zero attached hydrogens (tertiary/aromatic N) is 3. The Morgan fingerprint density at radius 3 is 2.59 bits per heavy atom. The molecule has 0 amide bonds. The predicted octanol–water partition coefficient (Wildman–Crippen LogP) is 4.43. The first-order chi connectivity index (χ1) is 13.1. The lowest BCUT2D eigenvalue weighted by Crippen LogP contribution is -2.43. The van der Waals surface area contributed by atoms with E-state index >= 15 is 0 Å². The zero-order valence-electron chi connectivity index (χ0n) is 14.4. The van der Waals surface area contributed by atoms with Crippen LogP contribution in [-0.4, -0.2) is 21.8 Å². The van der Waals surface area contributed by atoms with Gasteiger partial charge >= 0.3 is 6.61 Å². The monoisotopic (exact) mass is 367 g/mol. The molecule has 0 aliphatic heterocycles. The lowest BCUT2D eigenvalue weighted by atomic mass is 9.74. The van der Waals surface area contributed by atoms with Gasteiger partial charge < -0.3 is 10.1 Å². The van der Waals surface area contributed by atoms with E-state index in [2.05, 4.69) is 31.3 Å².